The van der Waals surface area contributed by atoms with Gasteiger partial charge in [0, 0.05) is 38.0 Å². The molecule has 2 aliphatic rings. The average Bonchev–Trinajstić information content (AvgIpc) is 3.30. The van der Waals surface area contributed by atoms with Crippen LogP contribution < -0.4 is 4.90 Å². The van der Waals surface area contributed by atoms with Gasteiger partial charge in [0.15, 0.2) is 23.1 Å². The Hall–Kier alpha value is -3.10. The molecule has 0 radical (unpaired) electrons. The Morgan fingerprint density at radius 2 is 1.93 bits per heavy atom. The molecule has 1 spiro atoms. The lowest BCUT2D eigenvalue weighted by molar-refractivity contribution is -0.128. The standard InChI is InChI=1S/C20H20F2N6O/c21-14-2-1-13(7-15(14)22)9-28-10-20(8-16(28)29)3-5-27(6-4-20)19-17-18(24-11-23-17)25-12-26-19/h1-2,7,11-12H,3-6,8-10H2,(H,23,24,25,26). The van der Waals surface area contributed by atoms with E-state index in [9.17, 15) is 13.6 Å². The van der Waals surface area contributed by atoms with Crippen LogP contribution in [-0.4, -0.2) is 50.4 Å². The smallest absolute Gasteiger partial charge is 0.223 e. The Bertz CT molecular complexity index is 1080. The fraction of sp³-hybridized carbons (Fsp3) is 0.400. The van der Waals surface area contributed by atoms with Gasteiger partial charge in [0.25, 0.3) is 0 Å². The number of imidazole rings is 1. The number of aromatic amines is 1. The lowest BCUT2D eigenvalue weighted by Crippen LogP contribution is -2.42. The summed E-state index contributed by atoms with van der Waals surface area (Å²) >= 11 is 0. The van der Waals surface area contributed by atoms with Gasteiger partial charge in [-0.2, -0.15) is 0 Å². The molecular weight excluding hydrogens is 378 g/mol. The van der Waals surface area contributed by atoms with Crippen LogP contribution in [0.15, 0.2) is 30.9 Å². The van der Waals surface area contributed by atoms with E-state index in [1.54, 1.807) is 11.2 Å². The SMILES string of the molecule is O=C1CC2(CCN(c3ncnc4nc[nH]c34)CC2)CN1Cc1ccc(F)c(F)c1. The number of carbonyl (C=O) groups excluding carboxylic acids is 1. The number of nitrogens with one attached hydrogen (secondary N) is 1. The Balaban J connectivity index is 1.28. The van der Waals surface area contributed by atoms with Crippen molar-refractivity contribution in [1.82, 2.24) is 24.8 Å². The van der Waals surface area contributed by atoms with Crippen LogP contribution in [0.2, 0.25) is 0 Å². The summed E-state index contributed by atoms with van der Waals surface area (Å²) < 4.78 is 26.6. The molecule has 2 aliphatic heterocycles. The van der Waals surface area contributed by atoms with Gasteiger partial charge in [-0.05, 0) is 30.5 Å². The number of likely N-dealkylation sites (tertiary alicyclic amines) is 1. The minimum absolute atomic E-state index is 0.0705. The normalized spacial score (nSPS) is 18.9. The van der Waals surface area contributed by atoms with Crippen LogP contribution in [0.25, 0.3) is 11.2 Å². The zero-order valence-corrected chi connectivity index (χ0v) is 15.7. The number of hydrogen-bond donors (Lipinski definition) is 1. The van der Waals surface area contributed by atoms with Crippen molar-refractivity contribution in [2.24, 2.45) is 5.41 Å². The third-order valence-corrected chi connectivity index (χ3v) is 6.09. The first-order chi connectivity index (χ1) is 14.0. The monoisotopic (exact) mass is 398 g/mol. The maximum atomic E-state index is 13.5. The molecule has 4 heterocycles. The van der Waals surface area contributed by atoms with Crippen LogP contribution in [0.4, 0.5) is 14.6 Å². The highest BCUT2D eigenvalue weighted by atomic mass is 19.2. The molecule has 5 rings (SSSR count). The zero-order chi connectivity index (χ0) is 20.0. The summed E-state index contributed by atoms with van der Waals surface area (Å²) in [4.78, 5) is 32.4. The highest BCUT2D eigenvalue weighted by Crippen LogP contribution is 2.42. The van der Waals surface area contributed by atoms with Crippen LogP contribution in [0, 0.1) is 17.0 Å². The second-order valence-electron chi connectivity index (χ2n) is 7.96. The number of hydrogen-bond acceptors (Lipinski definition) is 5. The van der Waals surface area contributed by atoms with Gasteiger partial charge < -0.3 is 14.8 Å². The molecule has 0 atom stereocenters. The fourth-order valence-corrected chi connectivity index (χ4v) is 4.50. The third-order valence-electron chi connectivity index (χ3n) is 6.09. The lowest BCUT2D eigenvalue weighted by atomic mass is 9.77. The van der Waals surface area contributed by atoms with Crippen LogP contribution in [0.1, 0.15) is 24.8 Å². The second kappa shape index (κ2) is 6.75. The van der Waals surface area contributed by atoms with Crippen LogP contribution in [0.5, 0.6) is 0 Å². The van der Waals surface area contributed by atoms with Gasteiger partial charge >= 0.3 is 0 Å². The Kier molecular flexibility index (Phi) is 4.18. The Labute approximate surface area is 165 Å². The van der Waals surface area contributed by atoms with E-state index in [0.29, 0.717) is 30.7 Å². The van der Waals surface area contributed by atoms with Gasteiger partial charge in [0.05, 0.1) is 6.33 Å². The van der Waals surface area contributed by atoms with E-state index in [-0.39, 0.29) is 11.3 Å². The molecule has 2 fully saturated rings. The average molecular weight is 398 g/mol. The molecule has 0 saturated carbocycles. The Morgan fingerprint density at radius 3 is 2.72 bits per heavy atom. The third kappa shape index (κ3) is 3.20. The van der Waals surface area contributed by atoms with E-state index < -0.39 is 11.6 Å². The molecule has 1 amide bonds. The molecule has 2 aromatic heterocycles. The number of fused-ring (bicyclic) bond motifs is 1. The first-order valence-corrected chi connectivity index (χ1v) is 9.64. The van der Waals surface area contributed by atoms with Gasteiger partial charge in [0.1, 0.15) is 11.8 Å². The molecule has 0 aliphatic carbocycles. The number of piperidine rings is 1. The van der Waals surface area contributed by atoms with Crippen LogP contribution in [-0.2, 0) is 11.3 Å². The molecule has 29 heavy (non-hydrogen) atoms. The van der Waals surface area contributed by atoms with Gasteiger partial charge in [-0.25, -0.2) is 23.7 Å². The van der Waals surface area contributed by atoms with Crippen LogP contribution in [0.3, 0.4) is 0 Å². The van der Waals surface area contributed by atoms with Crippen LogP contribution >= 0.6 is 0 Å². The predicted octanol–water partition coefficient (Wildman–Crippen LogP) is 2.65. The van der Waals surface area contributed by atoms with E-state index in [4.69, 9.17) is 0 Å². The first-order valence-electron chi connectivity index (χ1n) is 9.64. The lowest BCUT2D eigenvalue weighted by Gasteiger charge is -2.39. The van der Waals surface area contributed by atoms with Crippen molar-refractivity contribution in [3.8, 4) is 0 Å². The van der Waals surface area contributed by atoms with E-state index >= 15 is 0 Å². The molecule has 0 unspecified atom stereocenters. The quantitative estimate of drug-likeness (QED) is 0.734. The molecule has 3 aromatic rings. The molecule has 2 saturated heterocycles. The number of benzene rings is 1. The molecule has 9 heteroatoms. The first kappa shape index (κ1) is 18.0. The minimum Gasteiger partial charge on any atom is -0.355 e. The van der Waals surface area contributed by atoms with Gasteiger partial charge in [-0.15, -0.1) is 0 Å². The van der Waals surface area contributed by atoms with Crippen molar-refractivity contribution in [2.75, 3.05) is 24.5 Å². The van der Waals surface area contributed by atoms with Gasteiger partial charge in [-0.1, -0.05) is 6.07 Å². The van der Waals surface area contributed by atoms with E-state index in [2.05, 4.69) is 24.8 Å². The second-order valence-corrected chi connectivity index (χ2v) is 7.96. The highest BCUT2D eigenvalue weighted by Gasteiger charge is 2.45. The summed E-state index contributed by atoms with van der Waals surface area (Å²) in [6, 6.07) is 3.81. The van der Waals surface area contributed by atoms with Gasteiger partial charge in [0.2, 0.25) is 5.91 Å². The molecule has 1 aromatic carbocycles. The van der Waals surface area contributed by atoms with Gasteiger partial charge in [-0.3, -0.25) is 4.79 Å². The number of aromatic nitrogens is 4. The zero-order valence-electron chi connectivity index (χ0n) is 15.7. The van der Waals surface area contributed by atoms with Crippen molar-refractivity contribution in [3.05, 3.63) is 48.1 Å². The summed E-state index contributed by atoms with van der Waals surface area (Å²) in [6.45, 7) is 2.53. The van der Waals surface area contributed by atoms with Crippen molar-refractivity contribution in [3.63, 3.8) is 0 Å². The summed E-state index contributed by atoms with van der Waals surface area (Å²) in [5.41, 5.74) is 2.00. The summed E-state index contributed by atoms with van der Waals surface area (Å²) in [5, 5.41) is 0. The number of halogens is 2. The van der Waals surface area contributed by atoms with Crippen molar-refractivity contribution >= 4 is 22.9 Å². The molecule has 150 valence electrons. The number of H-pyrrole nitrogens is 1. The fourth-order valence-electron chi connectivity index (χ4n) is 4.50. The molecule has 0 bridgehead atoms. The van der Waals surface area contributed by atoms with E-state index in [0.717, 1.165) is 43.3 Å². The Morgan fingerprint density at radius 1 is 1.10 bits per heavy atom. The topological polar surface area (TPSA) is 78.0 Å². The largest absolute Gasteiger partial charge is 0.355 e. The predicted molar refractivity (Wildman–Crippen MR) is 102 cm³/mol. The van der Waals surface area contributed by atoms with E-state index in [1.807, 2.05) is 0 Å². The summed E-state index contributed by atoms with van der Waals surface area (Å²) in [7, 11) is 0. The van der Waals surface area contributed by atoms with Crippen molar-refractivity contribution in [2.45, 2.75) is 25.8 Å². The maximum absolute atomic E-state index is 13.5. The van der Waals surface area contributed by atoms with Crippen molar-refractivity contribution in [1.29, 1.82) is 0 Å². The molecular formula is C20H20F2N6O. The summed E-state index contributed by atoms with van der Waals surface area (Å²) in [5.74, 6) is -0.847. The number of anilines is 1. The molecule has 1 N–H and O–H groups in total. The molecule has 7 nitrogen and oxygen atoms in total. The summed E-state index contributed by atoms with van der Waals surface area (Å²) in [6.07, 6.45) is 5.36. The van der Waals surface area contributed by atoms with E-state index in [1.165, 1.54) is 18.5 Å². The highest BCUT2D eigenvalue weighted by molar-refractivity contribution is 5.83. The number of rotatable bonds is 3. The number of carbonyl (C=O) groups is 1. The van der Waals surface area contributed by atoms with Crippen molar-refractivity contribution < 1.29 is 13.6 Å². The number of nitrogens with zero attached hydrogens (tertiary/aromatic N) is 5. The number of amides is 1. The maximum Gasteiger partial charge on any atom is 0.223 e. The minimum atomic E-state index is -0.882.